The lowest BCUT2D eigenvalue weighted by atomic mass is 9.91. The third-order valence-corrected chi connectivity index (χ3v) is 4.03. The van der Waals surface area contributed by atoms with Crippen molar-refractivity contribution < 1.29 is 14.3 Å². The Kier molecular flexibility index (Phi) is 3.64. The van der Waals surface area contributed by atoms with Crippen LogP contribution in [0.3, 0.4) is 0 Å². The summed E-state index contributed by atoms with van der Waals surface area (Å²) in [6, 6.07) is 2.72. The molecule has 2 unspecified atom stereocenters. The van der Waals surface area contributed by atoms with Crippen molar-refractivity contribution in [2.45, 2.75) is 32.7 Å². The Bertz CT molecular complexity index is 504. The number of benzene rings is 1. The van der Waals surface area contributed by atoms with Crippen molar-refractivity contribution in [2.75, 3.05) is 17.2 Å². The van der Waals surface area contributed by atoms with Gasteiger partial charge in [-0.15, -0.1) is 0 Å². The topological polar surface area (TPSA) is 66.6 Å². The Balaban J connectivity index is 2.40. The molecular weight excluding hydrogens is 247 g/mol. The highest BCUT2D eigenvalue weighted by molar-refractivity contribution is 5.91. The van der Waals surface area contributed by atoms with E-state index in [1.807, 2.05) is 0 Å². The molecule has 1 saturated heterocycles. The van der Waals surface area contributed by atoms with Gasteiger partial charge in [-0.1, -0.05) is 6.92 Å². The van der Waals surface area contributed by atoms with Crippen LogP contribution in [0.25, 0.3) is 0 Å². The van der Waals surface area contributed by atoms with E-state index in [2.05, 4.69) is 18.7 Å². The second-order valence-electron chi connectivity index (χ2n) is 5.25. The number of anilines is 2. The summed E-state index contributed by atoms with van der Waals surface area (Å²) in [7, 11) is 0. The van der Waals surface area contributed by atoms with E-state index in [0.29, 0.717) is 17.3 Å². The fraction of sp³-hybridized carbons (Fsp3) is 0.500. The Morgan fingerprint density at radius 2 is 2.16 bits per heavy atom. The maximum absolute atomic E-state index is 13.8. The van der Waals surface area contributed by atoms with Gasteiger partial charge in [-0.3, -0.25) is 0 Å². The van der Waals surface area contributed by atoms with Crippen molar-refractivity contribution in [3.8, 4) is 0 Å². The van der Waals surface area contributed by atoms with Crippen LogP contribution in [0.4, 0.5) is 15.8 Å². The molecule has 1 aromatic carbocycles. The highest BCUT2D eigenvalue weighted by Gasteiger charge is 2.27. The zero-order valence-electron chi connectivity index (χ0n) is 11.2. The summed E-state index contributed by atoms with van der Waals surface area (Å²) in [6.07, 6.45) is 2.18. The van der Waals surface area contributed by atoms with Gasteiger partial charge in [0.05, 0.1) is 16.9 Å². The molecule has 0 radical (unpaired) electrons. The van der Waals surface area contributed by atoms with E-state index < -0.39 is 11.8 Å². The standard InChI is InChI=1S/C14H19FN2O2/c1-8-4-3-5-17(9(8)2)13-7-11(15)10(14(18)19)6-12(13)16/h6-9H,3-5,16H2,1-2H3,(H,18,19). The van der Waals surface area contributed by atoms with Gasteiger partial charge in [-0.25, -0.2) is 9.18 Å². The third kappa shape index (κ3) is 2.50. The molecule has 0 spiro atoms. The van der Waals surface area contributed by atoms with Gasteiger partial charge in [-0.2, -0.15) is 0 Å². The fourth-order valence-corrected chi connectivity index (χ4v) is 2.67. The molecule has 3 N–H and O–H groups in total. The van der Waals surface area contributed by atoms with E-state index in [-0.39, 0.29) is 11.6 Å². The fourth-order valence-electron chi connectivity index (χ4n) is 2.67. The van der Waals surface area contributed by atoms with Gasteiger partial charge in [0.25, 0.3) is 0 Å². The first-order valence-electron chi connectivity index (χ1n) is 6.50. The average molecular weight is 266 g/mol. The average Bonchev–Trinajstić information content (AvgIpc) is 2.35. The van der Waals surface area contributed by atoms with Gasteiger partial charge in [-0.05, 0) is 31.7 Å². The summed E-state index contributed by atoms with van der Waals surface area (Å²) >= 11 is 0. The number of rotatable bonds is 2. The molecule has 0 aliphatic carbocycles. The van der Waals surface area contributed by atoms with Crippen molar-refractivity contribution in [1.82, 2.24) is 0 Å². The predicted molar refractivity (Wildman–Crippen MR) is 73.0 cm³/mol. The number of halogens is 1. The zero-order chi connectivity index (χ0) is 14.2. The highest BCUT2D eigenvalue weighted by atomic mass is 19.1. The smallest absolute Gasteiger partial charge is 0.338 e. The molecule has 0 amide bonds. The number of aromatic carboxylic acids is 1. The van der Waals surface area contributed by atoms with Crippen LogP contribution >= 0.6 is 0 Å². The largest absolute Gasteiger partial charge is 0.478 e. The van der Waals surface area contributed by atoms with E-state index in [1.54, 1.807) is 0 Å². The first-order valence-corrected chi connectivity index (χ1v) is 6.50. The molecule has 1 aromatic rings. The lowest BCUT2D eigenvalue weighted by molar-refractivity contribution is 0.0692. The molecule has 104 valence electrons. The molecule has 2 rings (SSSR count). The second-order valence-corrected chi connectivity index (χ2v) is 5.25. The molecule has 19 heavy (non-hydrogen) atoms. The van der Waals surface area contributed by atoms with Gasteiger partial charge >= 0.3 is 5.97 Å². The molecule has 0 aromatic heterocycles. The SMILES string of the molecule is CC1CCCN(c2cc(F)c(C(=O)O)cc2N)C1C. The quantitative estimate of drug-likeness (QED) is 0.808. The van der Waals surface area contributed by atoms with Crippen LogP contribution in [0, 0.1) is 11.7 Å². The summed E-state index contributed by atoms with van der Waals surface area (Å²) in [6.45, 7) is 5.07. The van der Waals surface area contributed by atoms with E-state index in [4.69, 9.17) is 10.8 Å². The molecule has 1 fully saturated rings. The zero-order valence-corrected chi connectivity index (χ0v) is 11.2. The number of carbonyl (C=O) groups is 1. The van der Waals surface area contributed by atoms with E-state index >= 15 is 0 Å². The number of carboxylic acids is 1. The Morgan fingerprint density at radius 3 is 2.79 bits per heavy atom. The summed E-state index contributed by atoms with van der Waals surface area (Å²) < 4.78 is 13.8. The van der Waals surface area contributed by atoms with E-state index in [9.17, 15) is 9.18 Å². The normalized spacial score (nSPS) is 23.4. The maximum atomic E-state index is 13.8. The molecule has 2 atom stereocenters. The summed E-state index contributed by atoms with van der Waals surface area (Å²) in [5.74, 6) is -1.52. The maximum Gasteiger partial charge on any atom is 0.338 e. The molecule has 5 heteroatoms. The monoisotopic (exact) mass is 266 g/mol. The van der Waals surface area contributed by atoms with E-state index in [0.717, 1.165) is 19.4 Å². The number of piperidine rings is 1. The highest BCUT2D eigenvalue weighted by Crippen LogP contribution is 2.33. The molecule has 1 aliphatic heterocycles. The first-order chi connectivity index (χ1) is 8.91. The minimum absolute atomic E-state index is 0.270. The summed E-state index contributed by atoms with van der Waals surface area (Å²) in [4.78, 5) is 12.9. The molecule has 1 heterocycles. The van der Waals surface area contributed by atoms with Crippen molar-refractivity contribution in [3.05, 3.63) is 23.5 Å². The Morgan fingerprint density at radius 1 is 1.47 bits per heavy atom. The number of hydrogen-bond acceptors (Lipinski definition) is 3. The van der Waals surface area contributed by atoms with Gasteiger partial charge in [0, 0.05) is 18.7 Å². The summed E-state index contributed by atoms with van der Waals surface area (Å²) in [5.41, 5.74) is 6.44. The molecule has 4 nitrogen and oxygen atoms in total. The molecule has 0 saturated carbocycles. The number of hydrogen-bond donors (Lipinski definition) is 2. The minimum Gasteiger partial charge on any atom is -0.478 e. The van der Waals surface area contributed by atoms with Crippen LogP contribution in [0.15, 0.2) is 12.1 Å². The Hall–Kier alpha value is -1.78. The van der Waals surface area contributed by atoms with Crippen LogP contribution < -0.4 is 10.6 Å². The van der Waals surface area contributed by atoms with Crippen LogP contribution in [0.1, 0.15) is 37.0 Å². The number of nitrogen functional groups attached to an aromatic ring is 1. The van der Waals surface area contributed by atoms with Crippen molar-refractivity contribution in [3.63, 3.8) is 0 Å². The predicted octanol–water partition coefficient (Wildman–Crippen LogP) is 2.73. The molecule has 1 aliphatic rings. The lowest BCUT2D eigenvalue weighted by Crippen LogP contribution is -2.42. The first kappa shape index (κ1) is 13.6. The van der Waals surface area contributed by atoms with Gasteiger partial charge < -0.3 is 15.7 Å². The van der Waals surface area contributed by atoms with Gasteiger partial charge in [0.2, 0.25) is 0 Å². The molecule has 0 bridgehead atoms. The van der Waals surface area contributed by atoms with Crippen LogP contribution in [-0.2, 0) is 0 Å². The lowest BCUT2D eigenvalue weighted by Gasteiger charge is -2.40. The van der Waals surface area contributed by atoms with Crippen molar-refractivity contribution in [1.29, 1.82) is 0 Å². The number of nitrogens with zero attached hydrogens (tertiary/aromatic N) is 1. The number of nitrogens with two attached hydrogens (primary N) is 1. The van der Waals surface area contributed by atoms with Crippen LogP contribution in [0.5, 0.6) is 0 Å². The minimum atomic E-state index is -1.30. The van der Waals surface area contributed by atoms with Crippen molar-refractivity contribution >= 4 is 17.3 Å². The van der Waals surface area contributed by atoms with E-state index in [1.165, 1.54) is 12.1 Å². The molecular formula is C14H19FN2O2. The van der Waals surface area contributed by atoms with Gasteiger partial charge in [0.15, 0.2) is 0 Å². The van der Waals surface area contributed by atoms with Gasteiger partial charge in [0.1, 0.15) is 5.82 Å². The third-order valence-electron chi connectivity index (χ3n) is 4.03. The summed E-state index contributed by atoms with van der Waals surface area (Å²) in [5, 5.41) is 8.88. The van der Waals surface area contributed by atoms with Crippen LogP contribution in [0.2, 0.25) is 0 Å². The Labute approximate surface area is 112 Å². The number of carboxylic acid groups (broad SMARTS) is 1. The van der Waals surface area contributed by atoms with Crippen molar-refractivity contribution in [2.24, 2.45) is 5.92 Å². The second kappa shape index (κ2) is 5.07. The van der Waals surface area contributed by atoms with Crippen LogP contribution in [-0.4, -0.2) is 23.7 Å².